The van der Waals surface area contributed by atoms with Crippen molar-refractivity contribution in [3.8, 4) is 5.75 Å². The zero-order chi connectivity index (χ0) is 12.3. The standard InChI is InChI=1S/C13H10O3S/c14-10-4-1-3-9(7-10)8-11(13(15)16)12-5-2-6-17-12/h1-8,14H,(H,15,16)/b11-8-. The van der Waals surface area contributed by atoms with Crippen LogP contribution in [-0.2, 0) is 4.79 Å². The average molecular weight is 246 g/mol. The maximum atomic E-state index is 11.2. The number of phenolic OH excluding ortho intramolecular Hbond substituents is 1. The number of benzene rings is 1. The lowest BCUT2D eigenvalue weighted by Crippen LogP contribution is -1.97. The first-order valence-corrected chi connectivity index (χ1v) is 5.82. The second kappa shape index (κ2) is 4.84. The number of hydrogen-bond acceptors (Lipinski definition) is 3. The van der Waals surface area contributed by atoms with Crippen molar-refractivity contribution in [3.05, 3.63) is 52.2 Å². The summed E-state index contributed by atoms with van der Waals surface area (Å²) in [4.78, 5) is 11.9. The Morgan fingerprint density at radius 2 is 2.06 bits per heavy atom. The van der Waals surface area contributed by atoms with E-state index in [1.54, 1.807) is 36.4 Å². The topological polar surface area (TPSA) is 57.5 Å². The number of carbonyl (C=O) groups is 1. The van der Waals surface area contributed by atoms with Gasteiger partial charge in [0.25, 0.3) is 0 Å². The van der Waals surface area contributed by atoms with E-state index in [0.717, 1.165) is 0 Å². The highest BCUT2D eigenvalue weighted by atomic mass is 32.1. The van der Waals surface area contributed by atoms with Gasteiger partial charge in [0.15, 0.2) is 0 Å². The van der Waals surface area contributed by atoms with Crippen molar-refractivity contribution in [2.75, 3.05) is 0 Å². The summed E-state index contributed by atoms with van der Waals surface area (Å²) < 4.78 is 0. The predicted molar refractivity (Wildman–Crippen MR) is 67.9 cm³/mol. The number of aromatic hydroxyl groups is 1. The monoisotopic (exact) mass is 246 g/mol. The van der Waals surface area contributed by atoms with Crippen LogP contribution >= 0.6 is 11.3 Å². The Kier molecular flexibility index (Phi) is 3.25. The van der Waals surface area contributed by atoms with Crippen molar-refractivity contribution in [2.45, 2.75) is 0 Å². The summed E-state index contributed by atoms with van der Waals surface area (Å²) in [5.41, 5.74) is 0.890. The van der Waals surface area contributed by atoms with Gasteiger partial charge in [0.1, 0.15) is 5.75 Å². The lowest BCUT2D eigenvalue weighted by atomic mass is 10.1. The molecule has 1 aromatic heterocycles. The summed E-state index contributed by atoms with van der Waals surface area (Å²) >= 11 is 1.37. The highest BCUT2D eigenvalue weighted by Crippen LogP contribution is 2.24. The maximum absolute atomic E-state index is 11.2. The maximum Gasteiger partial charge on any atom is 0.337 e. The van der Waals surface area contributed by atoms with Crippen LogP contribution in [0.5, 0.6) is 5.75 Å². The van der Waals surface area contributed by atoms with Gasteiger partial charge in [0.05, 0.1) is 5.57 Å². The summed E-state index contributed by atoms with van der Waals surface area (Å²) in [5, 5.41) is 20.3. The molecule has 2 aromatic rings. The fourth-order valence-electron chi connectivity index (χ4n) is 1.45. The zero-order valence-corrected chi connectivity index (χ0v) is 9.65. The average Bonchev–Trinajstić information content (AvgIpc) is 2.78. The molecule has 0 saturated carbocycles. The molecule has 0 atom stereocenters. The Bertz CT molecular complexity index is 556. The van der Waals surface area contributed by atoms with Gasteiger partial charge in [0.2, 0.25) is 0 Å². The number of rotatable bonds is 3. The van der Waals surface area contributed by atoms with Crippen molar-refractivity contribution in [1.82, 2.24) is 0 Å². The second-order valence-corrected chi connectivity index (χ2v) is 4.38. The number of thiophene rings is 1. The molecule has 0 saturated heterocycles. The molecule has 2 rings (SSSR count). The normalized spacial score (nSPS) is 11.4. The Labute approximate surface area is 102 Å². The molecule has 1 aromatic carbocycles. The molecule has 17 heavy (non-hydrogen) atoms. The fourth-order valence-corrected chi connectivity index (χ4v) is 2.19. The lowest BCUT2D eigenvalue weighted by Gasteiger charge is -2.00. The first-order valence-electron chi connectivity index (χ1n) is 4.95. The van der Waals surface area contributed by atoms with Gasteiger partial charge in [-0.15, -0.1) is 11.3 Å². The number of phenols is 1. The van der Waals surface area contributed by atoms with E-state index in [4.69, 9.17) is 5.11 Å². The summed E-state index contributed by atoms with van der Waals surface area (Å²) in [7, 11) is 0. The highest BCUT2D eigenvalue weighted by Gasteiger charge is 2.11. The molecule has 3 nitrogen and oxygen atoms in total. The molecule has 0 fully saturated rings. The second-order valence-electron chi connectivity index (χ2n) is 3.44. The summed E-state index contributed by atoms with van der Waals surface area (Å²) in [5.74, 6) is -0.856. The van der Waals surface area contributed by atoms with Crippen molar-refractivity contribution < 1.29 is 15.0 Å². The summed E-state index contributed by atoms with van der Waals surface area (Å²) in [6.45, 7) is 0. The summed E-state index contributed by atoms with van der Waals surface area (Å²) in [6, 6.07) is 10.1. The molecule has 0 aliphatic carbocycles. The number of hydrogen-bond donors (Lipinski definition) is 2. The molecule has 2 N–H and O–H groups in total. The quantitative estimate of drug-likeness (QED) is 0.818. The third kappa shape index (κ3) is 2.73. The van der Waals surface area contributed by atoms with Crippen LogP contribution in [0.15, 0.2) is 41.8 Å². The smallest absolute Gasteiger partial charge is 0.337 e. The van der Waals surface area contributed by atoms with E-state index in [0.29, 0.717) is 10.4 Å². The minimum absolute atomic E-state index is 0.120. The van der Waals surface area contributed by atoms with Crippen molar-refractivity contribution in [2.24, 2.45) is 0 Å². The van der Waals surface area contributed by atoms with Gasteiger partial charge in [-0.05, 0) is 35.2 Å². The number of carboxylic acids is 1. The number of aliphatic carboxylic acids is 1. The zero-order valence-electron chi connectivity index (χ0n) is 8.83. The van der Waals surface area contributed by atoms with Gasteiger partial charge >= 0.3 is 5.97 Å². The molecular formula is C13H10O3S. The minimum Gasteiger partial charge on any atom is -0.508 e. The van der Waals surface area contributed by atoms with Crippen LogP contribution in [0.25, 0.3) is 11.6 Å². The van der Waals surface area contributed by atoms with Crippen LogP contribution in [0.2, 0.25) is 0 Å². The SMILES string of the molecule is O=C(O)/C(=C\c1cccc(O)c1)c1cccs1. The first-order chi connectivity index (χ1) is 8.16. The first kappa shape index (κ1) is 11.4. The minimum atomic E-state index is -0.976. The van der Waals surface area contributed by atoms with E-state index >= 15 is 0 Å². The molecule has 0 bridgehead atoms. The molecule has 0 amide bonds. The van der Waals surface area contributed by atoms with Crippen molar-refractivity contribution in [1.29, 1.82) is 0 Å². The van der Waals surface area contributed by atoms with Crippen molar-refractivity contribution in [3.63, 3.8) is 0 Å². The molecule has 0 aliphatic heterocycles. The molecule has 0 spiro atoms. The molecule has 0 unspecified atom stereocenters. The van der Waals surface area contributed by atoms with E-state index in [2.05, 4.69) is 0 Å². The van der Waals surface area contributed by atoms with Crippen LogP contribution in [0.3, 0.4) is 0 Å². The van der Waals surface area contributed by atoms with E-state index in [1.165, 1.54) is 17.4 Å². The van der Waals surface area contributed by atoms with Gasteiger partial charge in [0, 0.05) is 4.88 Å². The third-order valence-electron chi connectivity index (χ3n) is 2.20. The van der Waals surface area contributed by atoms with Crippen LogP contribution < -0.4 is 0 Å². The predicted octanol–water partition coefficient (Wildman–Crippen LogP) is 3.08. The molecule has 1 heterocycles. The molecule has 86 valence electrons. The molecule has 0 radical (unpaired) electrons. The number of carboxylic acid groups (broad SMARTS) is 1. The van der Waals surface area contributed by atoms with E-state index in [-0.39, 0.29) is 11.3 Å². The Morgan fingerprint density at radius 1 is 1.24 bits per heavy atom. The Morgan fingerprint density at radius 3 is 2.65 bits per heavy atom. The Hall–Kier alpha value is -2.07. The van der Waals surface area contributed by atoms with Gasteiger partial charge in [-0.25, -0.2) is 4.79 Å². The van der Waals surface area contributed by atoms with Gasteiger partial charge in [-0.1, -0.05) is 18.2 Å². The third-order valence-corrected chi connectivity index (χ3v) is 3.10. The van der Waals surface area contributed by atoms with Crippen LogP contribution in [-0.4, -0.2) is 16.2 Å². The molecular weight excluding hydrogens is 236 g/mol. The molecule has 0 aliphatic rings. The van der Waals surface area contributed by atoms with Crippen molar-refractivity contribution >= 4 is 29.0 Å². The van der Waals surface area contributed by atoms with Gasteiger partial charge in [-0.3, -0.25) is 0 Å². The van der Waals surface area contributed by atoms with Gasteiger partial charge < -0.3 is 10.2 Å². The fraction of sp³-hybridized carbons (Fsp3) is 0. The van der Waals surface area contributed by atoms with Crippen LogP contribution in [0, 0.1) is 0 Å². The van der Waals surface area contributed by atoms with Crippen LogP contribution in [0.1, 0.15) is 10.4 Å². The lowest BCUT2D eigenvalue weighted by molar-refractivity contribution is -0.130. The Balaban J connectivity index is 2.44. The highest BCUT2D eigenvalue weighted by molar-refractivity contribution is 7.11. The van der Waals surface area contributed by atoms with E-state index in [9.17, 15) is 9.90 Å². The van der Waals surface area contributed by atoms with Crippen LogP contribution in [0.4, 0.5) is 0 Å². The van der Waals surface area contributed by atoms with Gasteiger partial charge in [-0.2, -0.15) is 0 Å². The molecule has 4 heteroatoms. The van der Waals surface area contributed by atoms with E-state index < -0.39 is 5.97 Å². The summed E-state index contributed by atoms with van der Waals surface area (Å²) in [6.07, 6.45) is 1.55. The largest absolute Gasteiger partial charge is 0.508 e. The van der Waals surface area contributed by atoms with E-state index in [1.807, 2.05) is 5.38 Å².